The number of ketones is 1. The highest BCUT2D eigenvalue weighted by atomic mass is 79.9. The van der Waals surface area contributed by atoms with E-state index in [9.17, 15) is 19.2 Å². The fraction of sp³-hybridized carbons (Fsp3) is 0.333. The van der Waals surface area contributed by atoms with Crippen LogP contribution >= 0.6 is 55.1 Å². The molecule has 4 atom stereocenters. The topological polar surface area (TPSA) is 74.8 Å². The van der Waals surface area contributed by atoms with Crippen molar-refractivity contribution in [2.24, 2.45) is 11.8 Å². The average molecular weight is 631 g/mol. The number of fused-ring (bicyclic) bond motifs is 1. The molecule has 1 aliphatic heterocycles. The first-order chi connectivity index (χ1) is 16.1. The molecule has 1 aliphatic carbocycles. The Labute approximate surface area is 223 Å². The molecular weight excluding hydrogens is 611 g/mol. The van der Waals surface area contributed by atoms with E-state index >= 15 is 0 Å². The molecule has 10 heteroatoms. The highest BCUT2D eigenvalue weighted by Gasteiger charge is 2.54. The van der Waals surface area contributed by atoms with Crippen molar-refractivity contribution in [1.82, 2.24) is 10.0 Å². The van der Waals surface area contributed by atoms with Gasteiger partial charge in [0.25, 0.3) is 17.7 Å². The van der Waals surface area contributed by atoms with Gasteiger partial charge in [-0.2, -0.15) is 5.01 Å². The van der Waals surface area contributed by atoms with Gasteiger partial charge in [0.1, 0.15) is 6.54 Å². The minimum atomic E-state index is -0.728. The SMILES string of the molecule is Cc1ccc(C(=O)CN(C(=O)c2ccc(Cl)cc2Cl)N2C(=O)[C@@H]3C[C@H](Br)[C@@H](Br)C[C@H]3C2=O)cc1. The van der Waals surface area contributed by atoms with Crippen molar-refractivity contribution in [3.05, 3.63) is 69.2 Å². The molecule has 2 aliphatic rings. The van der Waals surface area contributed by atoms with Crippen LogP contribution in [0.15, 0.2) is 42.5 Å². The number of amides is 3. The Morgan fingerprint density at radius 2 is 1.53 bits per heavy atom. The van der Waals surface area contributed by atoms with E-state index in [0.29, 0.717) is 23.4 Å². The number of Topliss-reactive ketones (excluding diaryl/α,β-unsaturated/α-hetero) is 1. The molecule has 178 valence electrons. The standard InChI is InChI=1S/C24H20Br2Cl2N2O4/c1-12-2-4-13(5-3-12)21(31)11-29(22(32)15-7-6-14(27)8-20(15)28)30-23(33)16-9-18(25)19(26)10-17(16)24(30)34/h2-8,16-19H,9-11H2,1H3/t16-,17-,18+,19+/m1/s1. The van der Waals surface area contributed by atoms with Gasteiger partial charge in [-0.15, -0.1) is 0 Å². The third kappa shape index (κ3) is 4.83. The summed E-state index contributed by atoms with van der Waals surface area (Å²) < 4.78 is 0. The molecule has 1 heterocycles. The van der Waals surface area contributed by atoms with Gasteiger partial charge >= 0.3 is 0 Å². The first-order valence-electron chi connectivity index (χ1n) is 10.6. The predicted octanol–water partition coefficient (Wildman–Crippen LogP) is 5.46. The lowest BCUT2D eigenvalue weighted by molar-refractivity contribution is -0.154. The highest BCUT2D eigenvalue weighted by molar-refractivity contribution is 9.12. The highest BCUT2D eigenvalue weighted by Crippen LogP contribution is 2.43. The van der Waals surface area contributed by atoms with Crippen LogP contribution < -0.4 is 0 Å². The lowest BCUT2D eigenvalue weighted by Gasteiger charge is -2.30. The van der Waals surface area contributed by atoms with E-state index in [2.05, 4.69) is 31.9 Å². The Morgan fingerprint density at radius 3 is 2.06 bits per heavy atom. The molecule has 1 saturated carbocycles. The molecule has 6 nitrogen and oxygen atoms in total. The molecule has 3 amide bonds. The van der Waals surface area contributed by atoms with Gasteiger partial charge in [0.2, 0.25) is 0 Å². The second kappa shape index (κ2) is 10.1. The summed E-state index contributed by atoms with van der Waals surface area (Å²) in [6.07, 6.45) is 0.884. The second-order valence-corrected chi connectivity index (χ2v) is 11.7. The van der Waals surface area contributed by atoms with E-state index in [0.717, 1.165) is 15.6 Å². The van der Waals surface area contributed by atoms with Crippen LogP contribution in [0, 0.1) is 18.8 Å². The Balaban J connectivity index is 1.72. The zero-order valence-corrected chi connectivity index (χ0v) is 22.7. The third-order valence-electron chi connectivity index (χ3n) is 6.19. The van der Waals surface area contributed by atoms with Gasteiger partial charge in [-0.25, -0.2) is 5.01 Å². The molecule has 1 saturated heterocycles. The number of hydrogen-bond donors (Lipinski definition) is 0. The zero-order chi connectivity index (χ0) is 24.7. The van der Waals surface area contributed by atoms with Gasteiger partial charge in [0, 0.05) is 20.2 Å². The Bertz CT molecular complexity index is 1150. The molecule has 2 aromatic rings. The Morgan fingerprint density at radius 1 is 0.971 bits per heavy atom. The third-order valence-corrected chi connectivity index (χ3v) is 9.47. The van der Waals surface area contributed by atoms with Crippen molar-refractivity contribution in [2.45, 2.75) is 29.4 Å². The van der Waals surface area contributed by atoms with E-state index in [1.54, 1.807) is 24.3 Å². The summed E-state index contributed by atoms with van der Waals surface area (Å²) in [6, 6.07) is 11.2. The number of benzene rings is 2. The van der Waals surface area contributed by atoms with Crippen LogP contribution in [0.5, 0.6) is 0 Å². The molecular formula is C24H20Br2Cl2N2O4. The summed E-state index contributed by atoms with van der Waals surface area (Å²) in [5, 5.41) is 2.16. The lowest BCUT2D eigenvalue weighted by atomic mass is 9.81. The molecule has 4 rings (SSSR count). The van der Waals surface area contributed by atoms with Crippen molar-refractivity contribution in [3.8, 4) is 0 Å². The van der Waals surface area contributed by atoms with Crippen molar-refractivity contribution in [1.29, 1.82) is 0 Å². The molecule has 0 N–H and O–H groups in total. The number of carbonyl (C=O) groups excluding carboxylic acids is 4. The molecule has 0 radical (unpaired) electrons. The second-order valence-electron chi connectivity index (χ2n) is 8.48. The van der Waals surface area contributed by atoms with Crippen LogP contribution in [-0.2, 0) is 9.59 Å². The molecule has 2 aromatic carbocycles. The Hall–Kier alpha value is -1.74. The van der Waals surface area contributed by atoms with Crippen LogP contribution in [0.25, 0.3) is 0 Å². The first kappa shape index (κ1) is 25.4. The summed E-state index contributed by atoms with van der Waals surface area (Å²) in [7, 11) is 0. The van der Waals surface area contributed by atoms with E-state index in [-0.39, 0.29) is 20.2 Å². The van der Waals surface area contributed by atoms with Gasteiger partial charge in [-0.05, 0) is 38.0 Å². The van der Waals surface area contributed by atoms with Gasteiger partial charge in [0.15, 0.2) is 5.78 Å². The molecule has 0 spiro atoms. The zero-order valence-electron chi connectivity index (χ0n) is 18.0. The lowest BCUT2D eigenvalue weighted by Crippen LogP contribution is -2.52. The van der Waals surface area contributed by atoms with Crippen LogP contribution in [0.4, 0.5) is 0 Å². The van der Waals surface area contributed by atoms with Gasteiger partial charge in [-0.1, -0.05) is 84.9 Å². The Kier molecular flexibility index (Phi) is 7.53. The van der Waals surface area contributed by atoms with E-state index in [4.69, 9.17) is 23.2 Å². The number of hydrazine groups is 1. The molecule has 34 heavy (non-hydrogen) atoms. The molecule has 0 bridgehead atoms. The fourth-order valence-electron chi connectivity index (χ4n) is 4.32. The van der Waals surface area contributed by atoms with Crippen LogP contribution in [-0.4, -0.2) is 49.7 Å². The predicted molar refractivity (Wildman–Crippen MR) is 137 cm³/mol. The van der Waals surface area contributed by atoms with Crippen LogP contribution in [0.2, 0.25) is 10.0 Å². The van der Waals surface area contributed by atoms with E-state index in [1.807, 2.05) is 6.92 Å². The van der Waals surface area contributed by atoms with Crippen molar-refractivity contribution in [3.63, 3.8) is 0 Å². The molecule has 2 fully saturated rings. The van der Waals surface area contributed by atoms with Gasteiger partial charge < -0.3 is 0 Å². The largest absolute Gasteiger partial charge is 0.292 e. The maximum atomic E-state index is 13.6. The summed E-state index contributed by atoms with van der Waals surface area (Å²) in [5.41, 5.74) is 1.37. The smallest absolute Gasteiger partial charge is 0.274 e. The number of halogens is 4. The average Bonchev–Trinajstić information content (AvgIpc) is 3.02. The number of imide groups is 1. The number of nitrogens with zero attached hydrogens (tertiary/aromatic N) is 2. The van der Waals surface area contributed by atoms with Crippen molar-refractivity contribution >= 4 is 78.6 Å². The molecule has 0 aromatic heterocycles. The van der Waals surface area contributed by atoms with E-state index in [1.165, 1.54) is 18.2 Å². The van der Waals surface area contributed by atoms with Gasteiger partial charge in [0.05, 0.1) is 22.4 Å². The number of carbonyl (C=O) groups is 4. The summed E-state index contributed by atoms with van der Waals surface area (Å²) in [6.45, 7) is 1.40. The van der Waals surface area contributed by atoms with E-state index < -0.39 is 41.9 Å². The van der Waals surface area contributed by atoms with Crippen LogP contribution in [0.3, 0.4) is 0 Å². The molecule has 0 unspecified atom stereocenters. The minimum absolute atomic E-state index is 0.00880. The summed E-state index contributed by atoms with van der Waals surface area (Å²) in [4.78, 5) is 53.5. The fourth-order valence-corrected chi connectivity index (χ4v) is 6.04. The van der Waals surface area contributed by atoms with Crippen molar-refractivity contribution < 1.29 is 19.2 Å². The number of hydrogen-bond acceptors (Lipinski definition) is 4. The first-order valence-corrected chi connectivity index (χ1v) is 13.2. The number of rotatable bonds is 5. The normalized spacial score (nSPS) is 24.2. The van der Waals surface area contributed by atoms with Crippen molar-refractivity contribution in [2.75, 3.05) is 6.54 Å². The summed E-state index contributed by atoms with van der Waals surface area (Å²) >= 11 is 19.4. The summed E-state index contributed by atoms with van der Waals surface area (Å²) in [5.74, 6) is -3.27. The maximum absolute atomic E-state index is 13.6. The van der Waals surface area contributed by atoms with Crippen LogP contribution in [0.1, 0.15) is 39.1 Å². The monoisotopic (exact) mass is 628 g/mol. The van der Waals surface area contributed by atoms with Gasteiger partial charge in [-0.3, -0.25) is 19.2 Å². The minimum Gasteiger partial charge on any atom is -0.292 e. The quantitative estimate of drug-likeness (QED) is 0.250. The number of aryl methyl sites for hydroxylation is 1. The number of alkyl halides is 2. The maximum Gasteiger partial charge on any atom is 0.274 e.